The SMILES string of the molecule is CCOc1cc([C@H]2NC(=S)NC(C)=C2C(C)=O)c([N+](=O)[O-])cc1OCc1ccccc1. The lowest BCUT2D eigenvalue weighted by atomic mass is 9.91. The Balaban J connectivity index is 2.09. The molecule has 162 valence electrons. The number of carbonyl (C=O) groups excluding carboxylic acids is 1. The summed E-state index contributed by atoms with van der Waals surface area (Å²) < 4.78 is 11.6. The predicted octanol–water partition coefficient (Wildman–Crippen LogP) is 3.95. The number of benzene rings is 2. The van der Waals surface area contributed by atoms with E-state index in [-0.39, 0.29) is 34.5 Å². The van der Waals surface area contributed by atoms with Gasteiger partial charge in [-0.25, -0.2) is 0 Å². The Morgan fingerprint density at radius 2 is 1.87 bits per heavy atom. The van der Waals surface area contributed by atoms with Crippen LogP contribution in [-0.2, 0) is 11.4 Å². The van der Waals surface area contributed by atoms with Crippen LogP contribution in [0.2, 0.25) is 0 Å². The normalized spacial score (nSPS) is 15.7. The second kappa shape index (κ2) is 9.57. The summed E-state index contributed by atoms with van der Waals surface area (Å²) in [6.45, 7) is 5.50. The van der Waals surface area contributed by atoms with E-state index in [2.05, 4.69) is 10.6 Å². The molecule has 0 saturated heterocycles. The summed E-state index contributed by atoms with van der Waals surface area (Å²) in [5, 5.41) is 18.1. The van der Waals surface area contributed by atoms with E-state index in [1.807, 2.05) is 37.3 Å². The molecule has 0 aliphatic carbocycles. The van der Waals surface area contributed by atoms with Gasteiger partial charge in [0.25, 0.3) is 5.69 Å². The molecule has 0 bridgehead atoms. The third-order valence-corrected chi connectivity index (χ3v) is 5.01. The highest BCUT2D eigenvalue weighted by Crippen LogP contribution is 2.41. The highest BCUT2D eigenvalue weighted by Gasteiger charge is 2.34. The van der Waals surface area contributed by atoms with Gasteiger partial charge in [-0.3, -0.25) is 14.9 Å². The van der Waals surface area contributed by atoms with Crippen molar-refractivity contribution in [3.63, 3.8) is 0 Å². The van der Waals surface area contributed by atoms with Gasteiger partial charge in [0.05, 0.1) is 29.2 Å². The Morgan fingerprint density at radius 1 is 1.19 bits per heavy atom. The van der Waals surface area contributed by atoms with Gasteiger partial charge in [-0.1, -0.05) is 30.3 Å². The lowest BCUT2D eigenvalue weighted by Crippen LogP contribution is -2.44. The minimum atomic E-state index is -0.783. The van der Waals surface area contributed by atoms with E-state index in [0.717, 1.165) is 5.56 Å². The maximum atomic E-state index is 12.3. The molecule has 0 saturated carbocycles. The molecule has 1 heterocycles. The molecule has 2 N–H and O–H groups in total. The quantitative estimate of drug-likeness (QED) is 0.361. The van der Waals surface area contributed by atoms with Gasteiger partial charge in [-0.15, -0.1) is 0 Å². The van der Waals surface area contributed by atoms with Crippen LogP contribution < -0.4 is 20.1 Å². The summed E-state index contributed by atoms with van der Waals surface area (Å²) in [6, 6.07) is 11.6. The Hall–Kier alpha value is -3.46. The number of thiocarbonyl (C=S) groups is 1. The highest BCUT2D eigenvalue weighted by atomic mass is 32.1. The third kappa shape index (κ3) is 5.00. The van der Waals surface area contributed by atoms with Crippen molar-refractivity contribution in [3.05, 3.63) is 75.0 Å². The molecular formula is C22H23N3O5S. The molecule has 0 spiro atoms. The molecular weight excluding hydrogens is 418 g/mol. The average Bonchev–Trinajstić information content (AvgIpc) is 2.72. The van der Waals surface area contributed by atoms with Gasteiger partial charge in [0.15, 0.2) is 22.4 Å². The van der Waals surface area contributed by atoms with Crippen LogP contribution in [0.1, 0.15) is 37.9 Å². The van der Waals surface area contributed by atoms with E-state index in [9.17, 15) is 14.9 Å². The first-order valence-electron chi connectivity index (χ1n) is 9.72. The topological polar surface area (TPSA) is 103 Å². The van der Waals surface area contributed by atoms with E-state index < -0.39 is 11.0 Å². The summed E-state index contributed by atoms with van der Waals surface area (Å²) >= 11 is 5.22. The van der Waals surface area contributed by atoms with Crippen LogP contribution in [0.3, 0.4) is 0 Å². The summed E-state index contributed by atoms with van der Waals surface area (Å²) in [6.07, 6.45) is 0. The van der Waals surface area contributed by atoms with Crippen LogP contribution in [0.4, 0.5) is 5.69 Å². The maximum absolute atomic E-state index is 12.3. The number of hydrogen-bond donors (Lipinski definition) is 2. The lowest BCUT2D eigenvalue weighted by Gasteiger charge is -2.30. The summed E-state index contributed by atoms with van der Waals surface area (Å²) in [7, 11) is 0. The van der Waals surface area contributed by atoms with Gasteiger partial charge in [0.2, 0.25) is 0 Å². The molecule has 0 amide bonds. The minimum absolute atomic E-state index is 0.194. The number of nitrogens with zero attached hydrogens (tertiary/aromatic N) is 1. The maximum Gasteiger partial charge on any atom is 0.279 e. The molecule has 2 aromatic carbocycles. The second-order valence-electron chi connectivity index (χ2n) is 6.95. The van der Waals surface area contributed by atoms with E-state index in [1.165, 1.54) is 13.0 Å². The number of allylic oxidation sites excluding steroid dienone is 1. The lowest BCUT2D eigenvalue weighted by molar-refractivity contribution is -0.385. The molecule has 0 radical (unpaired) electrons. The third-order valence-electron chi connectivity index (χ3n) is 4.79. The van der Waals surface area contributed by atoms with Crippen molar-refractivity contribution in [1.82, 2.24) is 10.6 Å². The van der Waals surface area contributed by atoms with E-state index in [0.29, 0.717) is 23.6 Å². The molecule has 0 fully saturated rings. The first kappa shape index (κ1) is 22.2. The van der Waals surface area contributed by atoms with Gasteiger partial charge in [0, 0.05) is 11.3 Å². The van der Waals surface area contributed by atoms with Crippen molar-refractivity contribution in [1.29, 1.82) is 0 Å². The van der Waals surface area contributed by atoms with Crippen LogP contribution in [0.15, 0.2) is 53.7 Å². The van der Waals surface area contributed by atoms with Crippen molar-refractivity contribution in [3.8, 4) is 11.5 Å². The zero-order chi connectivity index (χ0) is 22.5. The zero-order valence-corrected chi connectivity index (χ0v) is 18.2. The van der Waals surface area contributed by atoms with Crippen molar-refractivity contribution in [2.24, 2.45) is 0 Å². The molecule has 3 rings (SSSR count). The summed E-state index contributed by atoms with van der Waals surface area (Å²) in [5.74, 6) is 0.384. The van der Waals surface area contributed by atoms with Crippen LogP contribution >= 0.6 is 12.2 Å². The number of ether oxygens (including phenoxy) is 2. The number of hydrogen-bond acceptors (Lipinski definition) is 6. The van der Waals surface area contributed by atoms with E-state index >= 15 is 0 Å². The Bertz CT molecular complexity index is 1050. The van der Waals surface area contributed by atoms with E-state index in [4.69, 9.17) is 21.7 Å². The molecule has 1 aliphatic heterocycles. The van der Waals surface area contributed by atoms with Crippen molar-refractivity contribution in [2.75, 3.05) is 6.61 Å². The largest absolute Gasteiger partial charge is 0.490 e. The number of carbonyl (C=O) groups is 1. The molecule has 1 aliphatic rings. The van der Waals surface area contributed by atoms with E-state index in [1.54, 1.807) is 13.0 Å². The molecule has 31 heavy (non-hydrogen) atoms. The Kier molecular flexibility index (Phi) is 6.86. The van der Waals surface area contributed by atoms with Crippen molar-refractivity contribution < 1.29 is 19.2 Å². The molecule has 2 aromatic rings. The minimum Gasteiger partial charge on any atom is -0.490 e. The standard InChI is InChI=1S/C22H23N3O5S/c1-4-29-18-10-16(21-20(14(3)26)13(2)23-22(31)24-21)17(25(27)28)11-19(18)30-12-15-8-6-5-7-9-15/h5-11,21H,4,12H2,1-3H3,(H2,23,24,31)/t21-/m1/s1. The molecule has 8 nitrogen and oxygen atoms in total. The monoisotopic (exact) mass is 441 g/mol. The fourth-order valence-corrected chi connectivity index (χ4v) is 3.74. The molecule has 0 unspecified atom stereocenters. The van der Waals surface area contributed by atoms with Crippen molar-refractivity contribution >= 4 is 28.8 Å². The number of nitro benzene ring substituents is 1. The summed E-state index contributed by atoms with van der Waals surface area (Å²) in [5.41, 5.74) is 1.92. The fourth-order valence-electron chi connectivity index (χ4n) is 3.46. The highest BCUT2D eigenvalue weighted by molar-refractivity contribution is 7.80. The molecule has 1 atom stereocenters. The first-order valence-corrected chi connectivity index (χ1v) is 10.1. The van der Waals surface area contributed by atoms with Gasteiger partial charge in [0.1, 0.15) is 6.61 Å². The Labute approximate surface area is 185 Å². The number of nitro groups is 1. The van der Waals surface area contributed by atoms with Gasteiger partial charge < -0.3 is 20.1 Å². The predicted molar refractivity (Wildman–Crippen MR) is 120 cm³/mol. The second-order valence-corrected chi connectivity index (χ2v) is 7.36. The zero-order valence-electron chi connectivity index (χ0n) is 17.4. The number of ketones is 1. The summed E-state index contributed by atoms with van der Waals surface area (Å²) in [4.78, 5) is 23.7. The fraction of sp³-hybridized carbons (Fsp3) is 0.273. The van der Waals surface area contributed by atoms with Gasteiger partial charge >= 0.3 is 0 Å². The van der Waals surface area contributed by atoms with Crippen molar-refractivity contribution in [2.45, 2.75) is 33.4 Å². The number of Topliss-reactive ketones (excluding diaryl/α,β-unsaturated/α-hetero) is 1. The first-order chi connectivity index (χ1) is 14.8. The van der Waals surface area contributed by atoms with Gasteiger partial charge in [-0.2, -0.15) is 0 Å². The number of rotatable bonds is 8. The van der Waals surface area contributed by atoms with Gasteiger partial charge in [-0.05, 0) is 44.6 Å². The van der Waals surface area contributed by atoms with Crippen LogP contribution in [0, 0.1) is 10.1 Å². The average molecular weight is 442 g/mol. The smallest absolute Gasteiger partial charge is 0.279 e. The molecule has 9 heteroatoms. The molecule has 0 aromatic heterocycles. The Morgan fingerprint density at radius 3 is 2.48 bits per heavy atom. The van der Waals surface area contributed by atoms with Crippen LogP contribution in [0.5, 0.6) is 11.5 Å². The van der Waals surface area contributed by atoms with Crippen LogP contribution in [-0.4, -0.2) is 22.4 Å². The van der Waals surface area contributed by atoms with Crippen LogP contribution in [0.25, 0.3) is 0 Å². The number of nitrogens with one attached hydrogen (secondary N) is 2.